The summed E-state index contributed by atoms with van der Waals surface area (Å²) in [4.78, 5) is 24.5. The van der Waals surface area contributed by atoms with Crippen LogP contribution >= 0.6 is 23.2 Å². The molecule has 0 bridgehead atoms. The van der Waals surface area contributed by atoms with Crippen LogP contribution in [0.3, 0.4) is 0 Å². The first-order valence-corrected chi connectivity index (χ1v) is 10.7. The average Bonchev–Trinajstić information content (AvgIpc) is 2.95. The Morgan fingerprint density at radius 2 is 1.78 bits per heavy atom. The first-order valence-electron chi connectivity index (χ1n) is 9.96. The first-order chi connectivity index (χ1) is 15.3. The third-order valence-corrected chi connectivity index (χ3v) is 7.29. The van der Waals surface area contributed by atoms with Crippen molar-refractivity contribution >= 4 is 40.7 Å². The Labute approximate surface area is 194 Å². The summed E-state index contributed by atoms with van der Waals surface area (Å²) in [6.07, 6.45) is 3.40. The highest BCUT2D eigenvalue weighted by molar-refractivity contribution is 6.58. The van der Waals surface area contributed by atoms with Crippen LogP contribution in [0.25, 0.3) is 0 Å². The van der Waals surface area contributed by atoms with Gasteiger partial charge in [-0.05, 0) is 54.0 Å². The molecule has 3 atom stereocenters. The minimum Gasteiger partial charge on any atom is -0.491 e. The highest BCUT2D eigenvalue weighted by atomic mass is 35.5. The number of hydrogen-bond donors (Lipinski definition) is 1. The van der Waals surface area contributed by atoms with Crippen LogP contribution in [0.15, 0.2) is 72.8 Å². The minimum absolute atomic E-state index is 0.0376. The number of halogens is 3. The standard InChI is InChI=1S/C24H20Cl2FNO4/c1-2-15-11-12-23(25)21(30)28(18-7-5-17(27)6-8-18)22(31)24(23,26)20(15)16-3-9-19(10-4-16)32-14-13-29/h2-11,20,29H,1,12-14H2/t20-,23-,24+/m1/s1. The number of nitrogens with zero attached hydrogens (tertiary/aromatic N) is 1. The number of benzene rings is 2. The average molecular weight is 476 g/mol. The Bertz CT molecular complexity index is 1100. The number of fused-ring (bicyclic) bond motifs is 1. The second kappa shape index (κ2) is 8.35. The maximum atomic E-state index is 13.7. The molecule has 32 heavy (non-hydrogen) atoms. The number of carbonyl (C=O) groups is 2. The van der Waals surface area contributed by atoms with E-state index in [9.17, 15) is 14.0 Å². The van der Waals surface area contributed by atoms with Crippen LogP contribution in [0.4, 0.5) is 10.1 Å². The van der Waals surface area contributed by atoms with Crippen molar-refractivity contribution in [3.63, 3.8) is 0 Å². The predicted octanol–water partition coefficient (Wildman–Crippen LogP) is 4.33. The van der Waals surface area contributed by atoms with Gasteiger partial charge in [-0.1, -0.05) is 30.9 Å². The summed E-state index contributed by atoms with van der Waals surface area (Å²) < 4.78 is 18.8. The smallest absolute Gasteiger partial charge is 0.258 e. The van der Waals surface area contributed by atoms with Crippen molar-refractivity contribution in [1.82, 2.24) is 0 Å². The molecule has 1 fully saturated rings. The van der Waals surface area contributed by atoms with Gasteiger partial charge in [-0.2, -0.15) is 0 Å². The van der Waals surface area contributed by atoms with Gasteiger partial charge in [0.15, 0.2) is 9.75 Å². The molecule has 2 amide bonds. The molecule has 1 aliphatic carbocycles. The Kier molecular flexibility index (Phi) is 5.88. The van der Waals surface area contributed by atoms with Gasteiger partial charge in [-0.25, -0.2) is 9.29 Å². The Hall–Kier alpha value is -2.67. The van der Waals surface area contributed by atoms with Gasteiger partial charge in [-0.15, -0.1) is 23.2 Å². The largest absolute Gasteiger partial charge is 0.491 e. The molecular formula is C24H20Cl2FNO4. The van der Waals surface area contributed by atoms with Crippen LogP contribution in [-0.2, 0) is 9.59 Å². The number of anilines is 1. The highest BCUT2D eigenvalue weighted by Gasteiger charge is 2.73. The van der Waals surface area contributed by atoms with E-state index in [0.717, 1.165) is 17.0 Å². The molecule has 2 aromatic rings. The van der Waals surface area contributed by atoms with Crippen LogP contribution in [0.1, 0.15) is 17.9 Å². The molecular weight excluding hydrogens is 456 g/mol. The number of rotatable bonds is 6. The summed E-state index contributed by atoms with van der Waals surface area (Å²) in [5.41, 5.74) is 1.51. The fourth-order valence-corrected chi connectivity index (χ4v) is 5.17. The van der Waals surface area contributed by atoms with Gasteiger partial charge in [0, 0.05) is 5.92 Å². The molecule has 2 aromatic carbocycles. The second-order valence-electron chi connectivity index (χ2n) is 7.62. The van der Waals surface area contributed by atoms with Crippen molar-refractivity contribution in [3.05, 3.63) is 84.2 Å². The summed E-state index contributed by atoms with van der Waals surface area (Å²) >= 11 is 13.9. The molecule has 0 unspecified atom stereocenters. The van der Waals surface area contributed by atoms with Crippen molar-refractivity contribution in [3.8, 4) is 5.75 Å². The normalized spacial score (nSPS) is 27.2. The number of amides is 2. The number of hydrogen-bond acceptors (Lipinski definition) is 4. The maximum Gasteiger partial charge on any atom is 0.258 e. The van der Waals surface area contributed by atoms with Crippen molar-refractivity contribution in [2.24, 2.45) is 0 Å². The second-order valence-corrected chi connectivity index (χ2v) is 8.86. The van der Waals surface area contributed by atoms with Gasteiger partial charge >= 0.3 is 0 Å². The Morgan fingerprint density at radius 1 is 1.12 bits per heavy atom. The van der Waals surface area contributed by atoms with E-state index in [1.807, 2.05) is 0 Å². The van der Waals surface area contributed by atoms with Gasteiger partial charge < -0.3 is 9.84 Å². The molecule has 5 nitrogen and oxygen atoms in total. The molecule has 1 saturated heterocycles. The van der Waals surface area contributed by atoms with Crippen LogP contribution in [-0.4, -0.2) is 39.9 Å². The van der Waals surface area contributed by atoms with Gasteiger partial charge in [0.1, 0.15) is 18.2 Å². The van der Waals surface area contributed by atoms with E-state index in [2.05, 4.69) is 6.58 Å². The maximum absolute atomic E-state index is 13.7. The zero-order valence-electron chi connectivity index (χ0n) is 16.9. The Morgan fingerprint density at radius 3 is 2.38 bits per heavy atom. The summed E-state index contributed by atoms with van der Waals surface area (Å²) in [6, 6.07) is 11.9. The number of alkyl halides is 2. The van der Waals surface area contributed by atoms with Gasteiger partial charge in [0.2, 0.25) is 0 Å². The van der Waals surface area contributed by atoms with E-state index < -0.39 is 33.3 Å². The van der Waals surface area contributed by atoms with E-state index in [1.165, 1.54) is 12.1 Å². The van der Waals surface area contributed by atoms with Gasteiger partial charge in [0.05, 0.1) is 12.3 Å². The van der Waals surface area contributed by atoms with Crippen LogP contribution < -0.4 is 9.64 Å². The minimum atomic E-state index is -1.83. The predicted molar refractivity (Wildman–Crippen MR) is 121 cm³/mol. The van der Waals surface area contributed by atoms with Crippen molar-refractivity contribution < 1.29 is 23.8 Å². The third kappa shape index (κ3) is 3.25. The lowest BCUT2D eigenvalue weighted by Crippen LogP contribution is -2.54. The van der Waals surface area contributed by atoms with E-state index in [1.54, 1.807) is 36.4 Å². The van der Waals surface area contributed by atoms with Gasteiger partial charge in [-0.3, -0.25) is 9.59 Å². The zero-order valence-corrected chi connectivity index (χ0v) is 18.4. The van der Waals surface area contributed by atoms with E-state index in [-0.39, 0.29) is 25.3 Å². The summed E-state index contributed by atoms with van der Waals surface area (Å²) in [7, 11) is 0. The summed E-state index contributed by atoms with van der Waals surface area (Å²) in [5.74, 6) is -2.06. The SMILES string of the molecule is C=CC1=CC[C@@]2(Cl)C(=O)N(c3ccc(F)cc3)C(=O)[C@@]2(Cl)[C@H]1c1ccc(OCCO)cc1. The lowest BCUT2D eigenvalue weighted by molar-refractivity contribution is -0.122. The molecule has 0 saturated carbocycles. The molecule has 1 heterocycles. The summed E-state index contributed by atoms with van der Waals surface area (Å²) in [5, 5.41) is 8.94. The van der Waals surface area contributed by atoms with Crippen LogP contribution in [0.5, 0.6) is 5.75 Å². The lowest BCUT2D eigenvalue weighted by atomic mass is 9.68. The number of aliphatic hydroxyl groups is 1. The van der Waals surface area contributed by atoms with Crippen molar-refractivity contribution in [1.29, 1.82) is 0 Å². The molecule has 2 aliphatic rings. The number of ether oxygens (including phenoxy) is 1. The topological polar surface area (TPSA) is 66.8 Å². The van der Waals surface area contributed by atoms with Crippen LogP contribution in [0.2, 0.25) is 0 Å². The first kappa shape index (κ1) is 22.5. The monoisotopic (exact) mass is 475 g/mol. The fraction of sp³-hybridized carbons (Fsp3) is 0.250. The molecule has 4 rings (SSSR count). The zero-order chi connectivity index (χ0) is 23.1. The van der Waals surface area contributed by atoms with Crippen molar-refractivity contribution in [2.45, 2.75) is 22.1 Å². The van der Waals surface area contributed by atoms with Crippen molar-refractivity contribution in [2.75, 3.05) is 18.1 Å². The molecule has 0 aromatic heterocycles. The third-order valence-electron chi connectivity index (χ3n) is 5.88. The fourth-order valence-electron chi connectivity index (χ4n) is 4.32. The van der Waals surface area contributed by atoms with E-state index in [4.69, 9.17) is 33.0 Å². The molecule has 1 N–H and O–H groups in total. The Balaban J connectivity index is 1.81. The molecule has 8 heteroatoms. The number of aliphatic hydroxyl groups excluding tert-OH is 1. The van der Waals surface area contributed by atoms with E-state index in [0.29, 0.717) is 16.9 Å². The molecule has 166 valence electrons. The number of allylic oxidation sites excluding steroid dienone is 3. The number of imide groups is 1. The van der Waals surface area contributed by atoms with E-state index >= 15 is 0 Å². The molecule has 0 spiro atoms. The highest BCUT2D eigenvalue weighted by Crippen LogP contribution is 2.59. The summed E-state index contributed by atoms with van der Waals surface area (Å²) in [6.45, 7) is 3.86. The quantitative estimate of drug-likeness (QED) is 0.498. The van der Waals surface area contributed by atoms with Crippen LogP contribution in [0, 0.1) is 5.82 Å². The molecule has 1 aliphatic heterocycles. The molecule has 0 radical (unpaired) electrons. The lowest BCUT2D eigenvalue weighted by Gasteiger charge is -2.42. The number of carbonyl (C=O) groups excluding carboxylic acids is 2. The van der Waals surface area contributed by atoms with Gasteiger partial charge in [0.25, 0.3) is 11.8 Å².